The van der Waals surface area contributed by atoms with Gasteiger partial charge in [0.25, 0.3) is 5.56 Å². The molecule has 0 unspecified atom stereocenters. The van der Waals surface area contributed by atoms with Gasteiger partial charge in [0.1, 0.15) is 17.6 Å². The van der Waals surface area contributed by atoms with E-state index in [0.717, 1.165) is 29.8 Å². The Morgan fingerprint density at radius 2 is 1.82 bits per heavy atom. The summed E-state index contributed by atoms with van der Waals surface area (Å²) in [6.07, 6.45) is 2.47. The Balaban J connectivity index is 1.28. The van der Waals surface area contributed by atoms with Crippen LogP contribution in [0.3, 0.4) is 0 Å². The van der Waals surface area contributed by atoms with Crippen LogP contribution in [0.5, 0.6) is 11.5 Å². The number of aryl methyl sites for hydroxylation is 1. The van der Waals surface area contributed by atoms with Crippen LogP contribution in [0.25, 0.3) is 0 Å². The molecule has 1 aliphatic carbocycles. The van der Waals surface area contributed by atoms with Crippen LogP contribution in [0.4, 0.5) is 0 Å². The van der Waals surface area contributed by atoms with Gasteiger partial charge in [-0.2, -0.15) is 0 Å². The summed E-state index contributed by atoms with van der Waals surface area (Å²) >= 11 is 0. The minimum Gasteiger partial charge on any atom is -0.494 e. The van der Waals surface area contributed by atoms with Crippen molar-refractivity contribution in [3.63, 3.8) is 0 Å². The maximum Gasteiger partial charge on any atom is 0.254 e. The normalized spacial score (nSPS) is 16.6. The minimum atomic E-state index is -0.0557. The molecule has 2 heterocycles. The van der Waals surface area contributed by atoms with Gasteiger partial charge < -0.3 is 18.9 Å². The first-order valence-corrected chi connectivity index (χ1v) is 9.93. The Morgan fingerprint density at radius 1 is 1.11 bits per heavy atom. The maximum absolute atomic E-state index is 12.4. The highest BCUT2D eigenvalue weighted by Crippen LogP contribution is 2.35. The molecule has 0 spiro atoms. The lowest BCUT2D eigenvalue weighted by atomic mass is 10.1. The minimum absolute atomic E-state index is 0.000237. The van der Waals surface area contributed by atoms with Gasteiger partial charge in [-0.25, -0.2) is 0 Å². The van der Waals surface area contributed by atoms with Crippen molar-refractivity contribution in [1.82, 2.24) is 9.47 Å². The van der Waals surface area contributed by atoms with Crippen molar-refractivity contribution in [2.75, 3.05) is 19.7 Å². The van der Waals surface area contributed by atoms with E-state index < -0.39 is 0 Å². The van der Waals surface area contributed by atoms with Gasteiger partial charge in [-0.15, -0.1) is 0 Å². The van der Waals surface area contributed by atoms with E-state index >= 15 is 0 Å². The number of benzene rings is 1. The number of hydrogen-bond acceptors (Lipinski definition) is 4. The van der Waals surface area contributed by atoms with Crippen molar-refractivity contribution >= 4 is 5.91 Å². The zero-order valence-corrected chi connectivity index (χ0v) is 16.4. The Kier molecular flexibility index (Phi) is 5.11. The van der Waals surface area contributed by atoms with Crippen LogP contribution < -0.4 is 15.0 Å². The molecule has 1 saturated carbocycles. The summed E-state index contributed by atoms with van der Waals surface area (Å²) < 4.78 is 13.2. The summed E-state index contributed by atoms with van der Waals surface area (Å²) in [5, 5.41) is 0. The molecule has 1 amide bonds. The monoisotopic (exact) mass is 382 g/mol. The maximum atomic E-state index is 12.4. The van der Waals surface area contributed by atoms with E-state index in [9.17, 15) is 9.59 Å². The fourth-order valence-electron chi connectivity index (χ4n) is 3.62. The van der Waals surface area contributed by atoms with E-state index in [0.29, 0.717) is 37.9 Å². The largest absolute Gasteiger partial charge is 0.494 e. The molecule has 0 bridgehead atoms. The Morgan fingerprint density at radius 3 is 2.43 bits per heavy atom. The summed E-state index contributed by atoms with van der Waals surface area (Å²) in [7, 11) is 0. The first-order chi connectivity index (χ1) is 13.5. The van der Waals surface area contributed by atoms with Gasteiger partial charge in [-0.1, -0.05) is 12.1 Å². The van der Waals surface area contributed by atoms with Gasteiger partial charge in [0, 0.05) is 17.8 Å². The molecule has 6 heteroatoms. The van der Waals surface area contributed by atoms with Gasteiger partial charge in [-0.3, -0.25) is 9.59 Å². The summed E-state index contributed by atoms with van der Waals surface area (Å²) in [6.45, 7) is 5.63. The van der Waals surface area contributed by atoms with Gasteiger partial charge in [0.05, 0.1) is 26.1 Å². The van der Waals surface area contributed by atoms with Crippen LogP contribution in [0.2, 0.25) is 0 Å². The lowest BCUT2D eigenvalue weighted by Crippen LogP contribution is -2.56. The molecule has 2 aromatic rings. The summed E-state index contributed by atoms with van der Waals surface area (Å²) in [5.74, 6) is 1.50. The summed E-state index contributed by atoms with van der Waals surface area (Å²) in [5.41, 5.74) is 1.91. The Bertz CT molecular complexity index is 909. The molecule has 2 fully saturated rings. The number of aromatic nitrogens is 1. The average Bonchev–Trinajstić information content (AvgIpc) is 3.44. The highest BCUT2D eigenvalue weighted by Gasteiger charge is 2.32. The molecule has 28 heavy (non-hydrogen) atoms. The number of hydrogen-bond donors (Lipinski definition) is 0. The van der Waals surface area contributed by atoms with Gasteiger partial charge in [0.2, 0.25) is 5.91 Å². The molecular weight excluding hydrogens is 356 g/mol. The van der Waals surface area contributed by atoms with Crippen molar-refractivity contribution in [3.8, 4) is 11.5 Å². The molecule has 1 saturated heterocycles. The second-order valence-corrected chi connectivity index (χ2v) is 7.56. The summed E-state index contributed by atoms with van der Waals surface area (Å²) in [4.78, 5) is 26.5. The van der Waals surface area contributed by atoms with Crippen LogP contribution >= 0.6 is 0 Å². The van der Waals surface area contributed by atoms with Crippen LogP contribution in [0.1, 0.15) is 37.1 Å². The predicted octanol–water partition coefficient (Wildman–Crippen LogP) is 2.72. The van der Waals surface area contributed by atoms with Gasteiger partial charge in [-0.05, 0) is 50.5 Å². The fraction of sp³-hybridized carbons (Fsp3) is 0.455. The molecule has 0 radical (unpaired) electrons. The number of likely N-dealkylation sites (tertiary alicyclic amines) is 1. The number of carbonyl (C=O) groups is 1. The van der Waals surface area contributed by atoms with E-state index in [1.165, 1.54) is 0 Å². The van der Waals surface area contributed by atoms with E-state index in [2.05, 4.69) is 0 Å². The van der Waals surface area contributed by atoms with Crippen molar-refractivity contribution in [2.24, 2.45) is 0 Å². The highest BCUT2D eigenvalue weighted by atomic mass is 16.5. The van der Waals surface area contributed by atoms with Gasteiger partial charge in [0.15, 0.2) is 0 Å². The predicted molar refractivity (Wildman–Crippen MR) is 106 cm³/mol. The van der Waals surface area contributed by atoms with E-state index in [4.69, 9.17) is 9.47 Å². The first kappa shape index (κ1) is 18.6. The van der Waals surface area contributed by atoms with Crippen molar-refractivity contribution < 1.29 is 14.3 Å². The molecule has 0 N–H and O–H groups in total. The smallest absolute Gasteiger partial charge is 0.254 e. The molecular formula is C22H26N2O4. The highest BCUT2D eigenvalue weighted by molar-refractivity contribution is 5.79. The molecule has 1 aliphatic heterocycles. The molecule has 1 aromatic carbocycles. The Labute approximate surface area is 164 Å². The number of pyridine rings is 1. The zero-order valence-electron chi connectivity index (χ0n) is 16.4. The molecule has 2 aliphatic rings. The SMILES string of the molecule is CCOc1ccc(CC(=O)N2CC(Oc3cc(C)n(C4CC4)c(=O)c3)C2)cc1. The second-order valence-electron chi connectivity index (χ2n) is 7.56. The van der Waals surface area contributed by atoms with Crippen molar-refractivity contribution in [3.05, 3.63) is 58.0 Å². The quantitative estimate of drug-likeness (QED) is 0.739. The van der Waals surface area contributed by atoms with E-state index in [1.54, 1.807) is 11.0 Å². The zero-order chi connectivity index (χ0) is 19.7. The molecule has 0 atom stereocenters. The lowest BCUT2D eigenvalue weighted by Gasteiger charge is -2.39. The van der Waals surface area contributed by atoms with Crippen molar-refractivity contribution in [2.45, 2.75) is 45.3 Å². The third-order valence-electron chi connectivity index (χ3n) is 5.24. The third-order valence-corrected chi connectivity index (χ3v) is 5.24. The topological polar surface area (TPSA) is 60.8 Å². The number of amides is 1. The summed E-state index contributed by atoms with van der Waals surface area (Å²) in [6, 6.07) is 11.5. The number of nitrogens with zero attached hydrogens (tertiary/aromatic N) is 2. The lowest BCUT2D eigenvalue weighted by molar-refractivity contribution is -0.139. The molecule has 6 nitrogen and oxygen atoms in total. The van der Waals surface area contributed by atoms with Crippen LogP contribution in [0.15, 0.2) is 41.2 Å². The average molecular weight is 382 g/mol. The second kappa shape index (κ2) is 7.70. The molecule has 1 aromatic heterocycles. The molecule has 148 valence electrons. The fourth-order valence-corrected chi connectivity index (χ4v) is 3.62. The third kappa shape index (κ3) is 4.06. The van der Waals surface area contributed by atoms with Crippen molar-refractivity contribution in [1.29, 1.82) is 0 Å². The van der Waals surface area contributed by atoms with Crippen LogP contribution in [-0.4, -0.2) is 41.2 Å². The number of rotatable bonds is 7. The number of carbonyl (C=O) groups excluding carboxylic acids is 1. The van der Waals surface area contributed by atoms with E-state index in [1.807, 2.05) is 48.7 Å². The van der Waals surface area contributed by atoms with Crippen LogP contribution in [0, 0.1) is 6.92 Å². The van der Waals surface area contributed by atoms with Crippen LogP contribution in [-0.2, 0) is 11.2 Å². The Hall–Kier alpha value is -2.76. The van der Waals surface area contributed by atoms with Gasteiger partial charge >= 0.3 is 0 Å². The number of ether oxygens (including phenoxy) is 2. The first-order valence-electron chi connectivity index (χ1n) is 9.93. The molecule has 4 rings (SSSR count). The standard InChI is InChI=1S/C22H26N2O4/c1-3-27-18-8-4-16(5-9-18)11-21(25)23-13-20(14-23)28-19-10-15(2)24(17-6-7-17)22(26)12-19/h4-5,8-10,12,17,20H,3,6-7,11,13-14H2,1-2H3. The van der Waals surface area contributed by atoms with E-state index in [-0.39, 0.29) is 17.6 Å².